The fourth-order valence-electron chi connectivity index (χ4n) is 2.04. The zero-order chi connectivity index (χ0) is 15.0. The fraction of sp³-hybridized carbons (Fsp3) is 0.143. The largest absolute Gasteiger partial charge is 0.416 e. The summed E-state index contributed by atoms with van der Waals surface area (Å²) in [5.41, 5.74) is 0.346. The number of halogens is 3. The van der Waals surface area contributed by atoms with Gasteiger partial charge >= 0.3 is 6.18 Å². The van der Waals surface area contributed by atoms with E-state index in [1.165, 1.54) is 24.3 Å². The fourth-order valence-corrected chi connectivity index (χ4v) is 2.04. The van der Waals surface area contributed by atoms with Gasteiger partial charge in [-0.1, -0.05) is 12.1 Å². The van der Waals surface area contributed by atoms with Crippen molar-refractivity contribution in [2.75, 3.05) is 0 Å². The number of aromatic nitrogens is 3. The molecule has 3 rings (SSSR count). The van der Waals surface area contributed by atoms with Gasteiger partial charge in [0.05, 0.1) is 5.56 Å². The van der Waals surface area contributed by atoms with Crippen molar-refractivity contribution in [3.63, 3.8) is 0 Å². The van der Waals surface area contributed by atoms with Crippen molar-refractivity contribution in [2.24, 2.45) is 0 Å². The van der Waals surface area contributed by atoms with E-state index in [-0.39, 0.29) is 5.43 Å². The zero-order valence-corrected chi connectivity index (χ0v) is 10.7. The summed E-state index contributed by atoms with van der Waals surface area (Å²) in [6.07, 6.45) is -2.42. The SMILES string of the molecule is O=c1ccn2[nH]c(Cc3ccc(C(F)(F)F)cc3)nc2c1. The summed E-state index contributed by atoms with van der Waals surface area (Å²) in [4.78, 5) is 15.4. The molecule has 0 saturated heterocycles. The van der Waals surface area contributed by atoms with Crippen LogP contribution in [-0.4, -0.2) is 14.6 Å². The number of nitrogens with one attached hydrogen (secondary N) is 1. The van der Waals surface area contributed by atoms with E-state index in [9.17, 15) is 18.0 Å². The molecule has 3 aromatic rings. The van der Waals surface area contributed by atoms with Crippen LogP contribution in [0.3, 0.4) is 0 Å². The van der Waals surface area contributed by atoms with Gasteiger partial charge in [-0.15, -0.1) is 0 Å². The number of pyridine rings is 1. The van der Waals surface area contributed by atoms with Gasteiger partial charge in [0.1, 0.15) is 5.82 Å². The van der Waals surface area contributed by atoms with Crippen LogP contribution in [0.4, 0.5) is 13.2 Å². The van der Waals surface area contributed by atoms with Crippen LogP contribution in [0, 0.1) is 0 Å². The molecule has 1 aromatic carbocycles. The molecule has 0 aliphatic carbocycles. The smallest absolute Gasteiger partial charge is 0.290 e. The maximum atomic E-state index is 12.5. The molecule has 0 bridgehead atoms. The first kappa shape index (κ1) is 13.4. The van der Waals surface area contributed by atoms with Crippen LogP contribution in [0.25, 0.3) is 5.65 Å². The normalized spacial score (nSPS) is 12.0. The van der Waals surface area contributed by atoms with Gasteiger partial charge < -0.3 is 0 Å². The van der Waals surface area contributed by atoms with Crippen LogP contribution in [0.5, 0.6) is 0 Å². The Kier molecular flexibility index (Phi) is 3.04. The first-order valence-corrected chi connectivity index (χ1v) is 6.15. The number of nitrogens with zero attached hydrogens (tertiary/aromatic N) is 2. The highest BCUT2D eigenvalue weighted by atomic mass is 19.4. The highest BCUT2D eigenvalue weighted by Gasteiger charge is 2.29. The topological polar surface area (TPSA) is 50.2 Å². The van der Waals surface area contributed by atoms with E-state index in [1.807, 2.05) is 0 Å². The monoisotopic (exact) mass is 293 g/mol. The molecule has 21 heavy (non-hydrogen) atoms. The molecular formula is C14H10F3N3O. The summed E-state index contributed by atoms with van der Waals surface area (Å²) in [6.45, 7) is 0. The number of hydrogen-bond donors (Lipinski definition) is 1. The number of benzene rings is 1. The predicted octanol–water partition coefficient (Wildman–Crippen LogP) is 2.63. The minimum absolute atomic E-state index is 0.150. The Morgan fingerprint density at radius 1 is 1.14 bits per heavy atom. The summed E-state index contributed by atoms with van der Waals surface area (Å²) in [6, 6.07) is 7.70. The van der Waals surface area contributed by atoms with Crippen LogP contribution < -0.4 is 5.43 Å². The third kappa shape index (κ3) is 2.81. The van der Waals surface area contributed by atoms with E-state index in [2.05, 4.69) is 10.1 Å². The standard InChI is InChI=1S/C14H10F3N3O/c15-14(16,17)10-3-1-9(2-4-10)7-12-18-13-8-11(21)5-6-20(13)19-12/h1-6,8H,7H2,(H,18,19). The van der Waals surface area contributed by atoms with Crippen LogP contribution in [-0.2, 0) is 12.6 Å². The van der Waals surface area contributed by atoms with Gasteiger partial charge in [0.25, 0.3) is 0 Å². The lowest BCUT2D eigenvalue weighted by molar-refractivity contribution is -0.137. The van der Waals surface area contributed by atoms with Gasteiger partial charge in [-0.3, -0.25) is 9.89 Å². The van der Waals surface area contributed by atoms with Crippen LogP contribution in [0.2, 0.25) is 0 Å². The molecule has 1 N–H and O–H groups in total. The van der Waals surface area contributed by atoms with E-state index in [1.54, 1.807) is 10.7 Å². The molecule has 0 unspecified atom stereocenters. The molecule has 2 aromatic heterocycles. The third-order valence-corrected chi connectivity index (χ3v) is 3.06. The molecule has 108 valence electrons. The van der Waals surface area contributed by atoms with Gasteiger partial charge in [-0.2, -0.15) is 13.2 Å². The Labute approximate surface area is 116 Å². The molecule has 7 heteroatoms. The summed E-state index contributed by atoms with van der Waals surface area (Å²) in [7, 11) is 0. The lowest BCUT2D eigenvalue weighted by Gasteiger charge is -2.06. The van der Waals surface area contributed by atoms with Crippen molar-refractivity contribution < 1.29 is 13.2 Å². The number of alkyl halides is 3. The molecule has 0 spiro atoms. The molecule has 4 nitrogen and oxygen atoms in total. The first-order valence-electron chi connectivity index (χ1n) is 6.15. The summed E-state index contributed by atoms with van der Waals surface area (Å²) in [5, 5.41) is 2.96. The Bertz CT molecular complexity index is 831. The summed E-state index contributed by atoms with van der Waals surface area (Å²) in [5.74, 6) is 0.570. The Hall–Kier alpha value is -2.57. The van der Waals surface area contributed by atoms with Crippen LogP contribution >= 0.6 is 0 Å². The van der Waals surface area contributed by atoms with E-state index in [0.29, 0.717) is 23.5 Å². The molecule has 2 heterocycles. The summed E-state index contributed by atoms with van der Waals surface area (Å²) >= 11 is 0. The second kappa shape index (κ2) is 4.76. The Balaban J connectivity index is 1.86. The minimum Gasteiger partial charge on any atom is -0.290 e. The zero-order valence-electron chi connectivity index (χ0n) is 10.7. The molecule has 0 radical (unpaired) electrons. The second-order valence-corrected chi connectivity index (χ2v) is 4.63. The van der Waals surface area contributed by atoms with Crippen molar-refractivity contribution in [1.29, 1.82) is 0 Å². The maximum absolute atomic E-state index is 12.5. The van der Waals surface area contributed by atoms with Crippen molar-refractivity contribution in [3.8, 4) is 0 Å². The van der Waals surface area contributed by atoms with Crippen LogP contribution in [0.1, 0.15) is 17.0 Å². The van der Waals surface area contributed by atoms with Crippen molar-refractivity contribution in [3.05, 3.63) is 69.8 Å². The molecule has 0 aliphatic rings. The molecule has 0 fully saturated rings. The Morgan fingerprint density at radius 3 is 2.52 bits per heavy atom. The van der Waals surface area contributed by atoms with E-state index >= 15 is 0 Å². The van der Waals surface area contributed by atoms with Gasteiger partial charge in [-0.25, -0.2) is 9.50 Å². The molecule has 0 atom stereocenters. The third-order valence-electron chi connectivity index (χ3n) is 3.06. The minimum atomic E-state index is -4.34. The van der Waals surface area contributed by atoms with Gasteiger partial charge in [0, 0.05) is 24.8 Å². The van der Waals surface area contributed by atoms with Crippen LogP contribution in [0.15, 0.2) is 47.4 Å². The number of fused-ring (bicyclic) bond motifs is 1. The number of H-pyrrole nitrogens is 1. The second-order valence-electron chi connectivity index (χ2n) is 4.63. The van der Waals surface area contributed by atoms with E-state index in [4.69, 9.17) is 0 Å². The summed E-state index contributed by atoms with van der Waals surface area (Å²) < 4.78 is 39.0. The lowest BCUT2D eigenvalue weighted by Crippen LogP contribution is -2.04. The quantitative estimate of drug-likeness (QED) is 0.789. The van der Waals surface area contributed by atoms with Gasteiger partial charge in [0.2, 0.25) is 0 Å². The molecule has 0 aliphatic heterocycles. The molecule has 0 amide bonds. The first-order chi connectivity index (χ1) is 9.91. The van der Waals surface area contributed by atoms with Crippen molar-refractivity contribution in [2.45, 2.75) is 12.6 Å². The van der Waals surface area contributed by atoms with Crippen molar-refractivity contribution in [1.82, 2.24) is 14.6 Å². The van der Waals surface area contributed by atoms with Gasteiger partial charge in [0.15, 0.2) is 11.1 Å². The maximum Gasteiger partial charge on any atom is 0.416 e. The average molecular weight is 293 g/mol. The van der Waals surface area contributed by atoms with E-state index < -0.39 is 11.7 Å². The lowest BCUT2D eigenvalue weighted by atomic mass is 10.1. The highest BCUT2D eigenvalue weighted by Crippen LogP contribution is 2.29. The Morgan fingerprint density at radius 2 is 1.86 bits per heavy atom. The van der Waals surface area contributed by atoms with Crippen molar-refractivity contribution >= 4 is 5.65 Å². The predicted molar refractivity (Wildman–Crippen MR) is 70.1 cm³/mol. The van der Waals surface area contributed by atoms with Gasteiger partial charge in [-0.05, 0) is 17.7 Å². The number of aromatic amines is 1. The molecule has 0 saturated carbocycles. The average Bonchev–Trinajstić information content (AvgIpc) is 2.79. The van der Waals surface area contributed by atoms with E-state index in [0.717, 1.165) is 12.1 Å². The molecular weight excluding hydrogens is 283 g/mol. The number of rotatable bonds is 2. The number of hydrogen-bond acceptors (Lipinski definition) is 2. The highest BCUT2D eigenvalue weighted by molar-refractivity contribution is 5.37.